The fourth-order valence-corrected chi connectivity index (χ4v) is 5.01. The average Bonchev–Trinajstić information content (AvgIpc) is 2.96. The van der Waals surface area contributed by atoms with Gasteiger partial charge in [-0.15, -0.1) is 11.3 Å². The first-order chi connectivity index (χ1) is 12.1. The Hall–Kier alpha value is -1.65. The topological polar surface area (TPSA) is 95.6 Å². The number of hydrogen-bond acceptors (Lipinski definition) is 5. The van der Waals surface area contributed by atoms with E-state index in [4.69, 9.17) is 23.2 Å². The molecule has 0 aliphatic rings. The average molecular weight is 436 g/mol. The summed E-state index contributed by atoms with van der Waals surface area (Å²) in [5, 5.41) is 5.31. The number of nitrogens with zero attached hydrogens (tertiary/aromatic N) is 1. The van der Waals surface area contributed by atoms with Gasteiger partial charge in [-0.05, 0) is 30.3 Å². The first-order valence-electron chi connectivity index (χ1n) is 7.18. The van der Waals surface area contributed by atoms with Gasteiger partial charge in [0.15, 0.2) is 0 Å². The van der Waals surface area contributed by atoms with E-state index in [1.54, 1.807) is 6.07 Å². The molecule has 2 rings (SSSR count). The highest BCUT2D eigenvalue weighted by Crippen LogP contribution is 2.28. The summed E-state index contributed by atoms with van der Waals surface area (Å²) in [6.45, 7) is 0.961. The van der Waals surface area contributed by atoms with Gasteiger partial charge in [-0.2, -0.15) is 4.31 Å². The minimum Gasteiger partial charge on any atom is -0.326 e. The molecule has 1 heterocycles. The molecule has 0 bridgehead atoms. The summed E-state index contributed by atoms with van der Waals surface area (Å²) in [4.78, 5) is 23.2. The minimum atomic E-state index is -3.81. The summed E-state index contributed by atoms with van der Waals surface area (Å²) >= 11 is 12.7. The number of rotatable bonds is 6. The van der Waals surface area contributed by atoms with Gasteiger partial charge in [-0.25, -0.2) is 8.42 Å². The van der Waals surface area contributed by atoms with Crippen molar-refractivity contribution in [2.24, 2.45) is 0 Å². The molecular weight excluding hydrogens is 421 g/mol. The van der Waals surface area contributed by atoms with Gasteiger partial charge in [0.25, 0.3) is 10.0 Å². The second kappa shape index (κ2) is 8.36. The van der Waals surface area contributed by atoms with Crippen molar-refractivity contribution >= 4 is 67.8 Å². The lowest BCUT2D eigenvalue weighted by atomic mass is 10.2. The highest BCUT2D eigenvalue weighted by Gasteiger charge is 2.25. The first-order valence-corrected chi connectivity index (χ1v) is 10.2. The molecule has 140 valence electrons. The quantitative estimate of drug-likeness (QED) is 0.727. The van der Waals surface area contributed by atoms with Crippen LogP contribution in [0.2, 0.25) is 9.36 Å². The predicted molar refractivity (Wildman–Crippen MR) is 104 cm³/mol. The molecule has 26 heavy (non-hydrogen) atoms. The lowest BCUT2D eigenvalue weighted by Gasteiger charge is -2.16. The van der Waals surface area contributed by atoms with Crippen LogP contribution in [0, 0.1) is 0 Å². The summed E-state index contributed by atoms with van der Waals surface area (Å²) in [5.74, 6) is -0.814. The number of likely N-dealkylation sites (N-methyl/N-ethyl adjacent to an activating group) is 1. The van der Waals surface area contributed by atoms with Crippen LogP contribution in [0.15, 0.2) is 34.5 Å². The molecule has 0 aliphatic heterocycles. The summed E-state index contributed by atoms with van der Waals surface area (Å²) < 4.78 is 26.1. The Morgan fingerprint density at radius 3 is 2.38 bits per heavy atom. The van der Waals surface area contributed by atoms with Crippen molar-refractivity contribution in [2.45, 2.75) is 11.1 Å². The molecule has 0 unspecified atom stereocenters. The van der Waals surface area contributed by atoms with Crippen LogP contribution in [0.3, 0.4) is 0 Å². The summed E-state index contributed by atoms with van der Waals surface area (Å²) in [5.41, 5.74) is 0.783. The van der Waals surface area contributed by atoms with Gasteiger partial charge < -0.3 is 10.6 Å². The van der Waals surface area contributed by atoms with Gasteiger partial charge >= 0.3 is 0 Å². The number of nitrogens with one attached hydrogen (secondary N) is 2. The smallest absolute Gasteiger partial charge is 0.252 e. The Morgan fingerprint density at radius 1 is 1.15 bits per heavy atom. The second-order valence-corrected chi connectivity index (χ2v) is 9.64. The highest BCUT2D eigenvalue weighted by atomic mass is 35.5. The SMILES string of the molecule is CC(=O)Nc1ccc(NC(=O)CN(C)S(=O)(=O)c2ccc(Cl)s2)c(Cl)c1. The van der Waals surface area contributed by atoms with Crippen LogP contribution in [-0.2, 0) is 19.6 Å². The Bertz CT molecular complexity index is 944. The lowest BCUT2D eigenvalue weighted by Crippen LogP contribution is -2.34. The van der Waals surface area contributed by atoms with Crippen molar-refractivity contribution < 1.29 is 18.0 Å². The van der Waals surface area contributed by atoms with Gasteiger partial charge in [-0.3, -0.25) is 9.59 Å². The van der Waals surface area contributed by atoms with E-state index >= 15 is 0 Å². The van der Waals surface area contributed by atoms with Crippen LogP contribution >= 0.6 is 34.5 Å². The highest BCUT2D eigenvalue weighted by molar-refractivity contribution is 7.91. The molecule has 0 fully saturated rings. The van der Waals surface area contributed by atoms with Gasteiger partial charge in [0.2, 0.25) is 11.8 Å². The van der Waals surface area contributed by atoms with Crippen molar-refractivity contribution in [3.8, 4) is 0 Å². The van der Waals surface area contributed by atoms with E-state index in [1.165, 1.54) is 38.2 Å². The lowest BCUT2D eigenvalue weighted by molar-refractivity contribution is -0.116. The summed E-state index contributed by atoms with van der Waals surface area (Å²) in [7, 11) is -2.51. The number of carbonyl (C=O) groups excluding carboxylic acids is 2. The molecule has 1 aromatic heterocycles. The third-order valence-electron chi connectivity index (χ3n) is 3.14. The third-order valence-corrected chi connectivity index (χ3v) is 6.96. The third kappa shape index (κ3) is 5.18. The van der Waals surface area contributed by atoms with E-state index in [1.807, 2.05) is 0 Å². The van der Waals surface area contributed by atoms with Crippen LogP contribution in [0.4, 0.5) is 11.4 Å². The van der Waals surface area contributed by atoms with Gasteiger partial charge in [0.1, 0.15) is 4.21 Å². The molecule has 0 atom stereocenters. The van der Waals surface area contributed by atoms with E-state index < -0.39 is 22.5 Å². The molecule has 2 aromatic rings. The molecule has 2 N–H and O–H groups in total. The summed E-state index contributed by atoms with van der Waals surface area (Å²) in [6, 6.07) is 7.42. The van der Waals surface area contributed by atoms with Crippen LogP contribution in [0.5, 0.6) is 0 Å². The van der Waals surface area contributed by atoms with E-state index in [0.29, 0.717) is 15.7 Å². The monoisotopic (exact) mass is 435 g/mol. The van der Waals surface area contributed by atoms with E-state index in [-0.39, 0.29) is 15.1 Å². The largest absolute Gasteiger partial charge is 0.326 e. The zero-order valence-corrected chi connectivity index (χ0v) is 16.9. The molecule has 0 saturated heterocycles. The first kappa shape index (κ1) is 20.7. The molecule has 2 amide bonds. The van der Waals surface area contributed by atoms with Crippen molar-refractivity contribution in [2.75, 3.05) is 24.2 Å². The molecule has 1 aromatic carbocycles. The number of amides is 2. The molecule has 0 aliphatic carbocycles. The predicted octanol–water partition coefficient (Wildman–Crippen LogP) is 3.27. The number of hydrogen-bond donors (Lipinski definition) is 2. The van der Waals surface area contributed by atoms with Crippen molar-refractivity contribution in [3.63, 3.8) is 0 Å². The standard InChI is InChI=1S/C15H15Cl2N3O4S2/c1-9(21)18-10-3-4-12(11(16)7-10)19-14(22)8-20(2)26(23,24)15-6-5-13(17)25-15/h3-7H,8H2,1-2H3,(H,18,21)(H,19,22). The molecular formula is C15H15Cl2N3O4S2. The number of halogens is 2. The van der Waals surface area contributed by atoms with Crippen LogP contribution in [0.25, 0.3) is 0 Å². The zero-order chi connectivity index (χ0) is 19.5. The number of carbonyl (C=O) groups is 2. The summed E-state index contributed by atoms with van der Waals surface area (Å²) in [6.07, 6.45) is 0. The number of thiophene rings is 1. The maximum atomic E-state index is 12.4. The maximum Gasteiger partial charge on any atom is 0.252 e. The van der Waals surface area contributed by atoms with Gasteiger partial charge in [-0.1, -0.05) is 23.2 Å². The molecule has 0 spiro atoms. The molecule has 0 radical (unpaired) electrons. The van der Waals surface area contributed by atoms with Crippen LogP contribution in [0.1, 0.15) is 6.92 Å². The fraction of sp³-hybridized carbons (Fsp3) is 0.200. The van der Waals surface area contributed by atoms with Crippen LogP contribution < -0.4 is 10.6 Å². The number of sulfonamides is 1. The van der Waals surface area contributed by atoms with Crippen LogP contribution in [-0.4, -0.2) is 38.1 Å². The minimum absolute atomic E-state index is 0.0514. The van der Waals surface area contributed by atoms with Crippen molar-refractivity contribution in [1.82, 2.24) is 4.31 Å². The van der Waals surface area contributed by atoms with Gasteiger partial charge in [0.05, 0.1) is 21.6 Å². The van der Waals surface area contributed by atoms with Crippen molar-refractivity contribution in [3.05, 3.63) is 39.7 Å². The van der Waals surface area contributed by atoms with E-state index in [2.05, 4.69) is 10.6 Å². The van der Waals surface area contributed by atoms with E-state index in [0.717, 1.165) is 15.6 Å². The Kier molecular flexibility index (Phi) is 6.64. The van der Waals surface area contributed by atoms with Crippen molar-refractivity contribution in [1.29, 1.82) is 0 Å². The fourth-order valence-electron chi connectivity index (χ4n) is 1.96. The zero-order valence-electron chi connectivity index (χ0n) is 13.7. The number of benzene rings is 1. The second-order valence-electron chi connectivity index (χ2n) is 5.24. The number of anilines is 2. The normalized spacial score (nSPS) is 11.4. The Balaban J connectivity index is 2.05. The Labute approximate surface area is 165 Å². The maximum absolute atomic E-state index is 12.4. The van der Waals surface area contributed by atoms with E-state index in [9.17, 15) is 18.0 Å². The Morgan fingerprint density at radius 2 is 1.85 bits per heavy atom. The molecule has 7 nitrogen and oxygen atoms in total. The van der Waals surface area contributed by atoms with Gasteiger partial charge in [0, 0.05) is 19.7 Å². The molecule has 11 heteroatoms. The molecule has 0 saturated carbocycles.